The zero-order valence-corrected chi connectivity index (χ0v) is 12.1. The molecule has 7 heteroatoms. The van der Waals surface area contributed by atoms with Crippen molar-refractivity contribution >= 4 is 11.3 Å². The third kappa shape index (κ3) is 3.47. The molecular formula is C14H15F3N2OS. The standard InChI is InChI=1S/C14H15F3N2OS/c15-14(16,17)10-3-1-5-19(7-10)8-11-9-21-13(18-11)12-4-2-6-20-12/h2,4,6,9-10H,1,3,5,7-8H2/t10-/m1/s1. The topological polar surface area (TPSA) is 29.3 Å². The highest BCUT2D eigenvalue weighted by molar-refractivity contribution is 7.13. The molecule has 1 atom stereocenters. The molecule has 3 nitrogen and oxygen atoms in total. The van der Waals surface area contributed by atoms with Gasteiger partial charge in [-0.25, -0.2) is 4.98 Å². The fourth-order valence-electron chi connectivity index (χ4n) is 2.59. The Bertz CT molecular complexity index is 579. The summed E-state index contributed by atoms with van der Waals surface area (Å²) in [5.41, 5.74) is 0.800. The molecule has 3 heterocycles. The molecule has 21 heavy (non-hydrogen) atoms. The van der Waals surface area contributed by atoms with Crippen LogP contribution < -0.4 is 0 Å². The van der Waals surface area contributed by atoms with Crippen molar-refractivity contribution in [2.75, 3.05) is 13.1 Å². The molecule has 0 spiro atoms. The van der Waals surface area contributed by atoms with Gasteiger partial charge in [0.05, 0.1) is 17.9 Å². The molecule has 2 aromatic heterocycles. The lowest BCUT2D eigenvalue weighted by molar-refractivity contribution is -0.187. The zero-order valence-electron chi connectivity index (χ0n) is 11.3. The van der Waals surface area contributed by atoms with Crippen molar-refractivity contribution in [3.63, 3.8) is 0 Å². The minimum Gasteiger partial charge on any atom is -0.462 e. The number of piperidine rings is 1. The highest BCUT2D eigenvalue weighted by Gasteiger charge is 2.41. The van der Waals surface area contributed by atoms with Gasteiger partial charge in [0.15, 0.2) is 10.8 Å². The molecular weight excluding hydrogens is 301 g/mol. The number of hydrogen-bond acceptors (Lipinski definition) is 4. The van der Waals surface area contributed by atoms with E-state index in [2.05, 4.69) is 4.98 Å². The van der Waals surface area contributed by atoms with Gasteiger partial charge in [-0.2, -0.15) is 13.2 Å². The van der Waals surface area contributed by atoms with Crippen LogP contribution in [0.4, 0.5) is 13.2 Å². The van der Waals surface area contributed by atoms with Gasteiger partial charge in [-0.1, -0.05) is 0 Å². The normalized spacial score (nSPS) is 20.8. The summed E-state index contributed by atoms with van der Waals surface area (Å²) in [6.07, 6.45) is -1.71. The van der Waals surface area contributed by atoms with Crippen LogP contribution in [-0.2, 0) is 6.54 Å². The van der Waals surface area contributed by atoms with Crippen molar-refractivity contribution in [3.05, 3.63) is 29.5 Å². The van der Waals surface area contributed by atoms with Crippen molar-refractivity contribution in [2.45, 2.75) is 25.6 Å². The number of alkyl halides is 3. The summed E-state index contributed by atoms with van der Waals surface area (Å²) in [5.74, 6) is -0.521. The summed E-state index contributed by atoms with van der Waals surface area (Å²) in [5, 5.41) is 2.65. The molecule has 1 aliphatic heterocycles. The number of thiazole rings is 1. The monoisotopic (exact) mass is 316 g/mol. The first-order valence-electron chi connectivity index (χ1n) is 6.80. The molecule has 0 N–H and O–H groups in total. The van der Waals surface area contributed by atoms with Crippen LogP contribution in [0, 0.1) is 5.92 Å². The van der Waals surface area contributed by atoms with E-state index in [4.69, 9.17) is 4.42 Å². The first kappa shape index (κ1) is 14.6. The molecule has 2 aromatic rings. The number of aromatic nitrogens is 1. The van der Waals surface area contributed by atoms with Crippen LogP contribution in [0.3, 0.4) is 0 Å². The minimum atomic E-state index is -4.10. The van der Waals surface area contributed by atoms with E-state index >= 15 is 0 Å². The van der Waals surface area contributed by atoms with E-state index in [1.807, 2.05) is 16.3 Å². The highest BCUT2D eigenvalue weighted by Crippen LogP contribution is 2.33. The van der Waals surface area contributed by atoms with Crippen LogP contribution in [-0.4, -0.2) is 29.1 Å². The number of likely N-dealkylation sites (tertiary alicyclic amines) is 1. The van der Waals surface area contributed by atoms with Crippen molar-refractivity contribution in [3.8, 4) is 10.8 Å². The number of hydrogen-bond donors (Lipinski definition) is 0. The predicted molar refractivity (Wildman–Crippen MR) is 73.9 cm³/mol. The van der Waals surface area contributed by atoms with Gasteiger partial charge >= 0.3 is 6.18 Å². The Morgan fingerprint density at radius 3 is 3.00 bits per heavy atom. The Morgan fingerprint density at radius 2 is 2.29 bits per heavy atom. The maximum atomic E-state index is 12.8. The smallest absolute Gasteiger partial charge is 0.393 e. The van der Waals surface area contributed by atoms with Gasteiger partial charge < -0.3 is 4.42 Å². The van der Waals surface area contributed by atoms with Gasteiger partial charge in [0.1, 0.15) is 0 Å². The predicted octanol–water partition coefficient (Wildman–Crippen LogP) is 4.18. The van der Waals surface area contributed by atoms with Crippen molar-refractivity contribution in [1.82, 2.24) is 9.88 Å². The first-order valence-corrected chi connectivity index (χ1v) is 7.67. The lowest BCUT2D eigenvalue weighted by Crippen LogP contribution is -2.41. The van der Waals surface area contributed by atoms with Crippen LogP contribution in [0.2, 0.25) is 0 Å². The summed E-state index contributed by atoms with van der Waals surface area (Å²) in [6, 6.07) is 3.61. The highest BCUT2D eigenvalue weighted by atomic mass is 32.1. The van der Waals surface area contributed by atoms with Gasteiger partial charge in [0.2, 0.25) is 0 Å². The molecule has 0 aliphatic carbocycles. The van der Waals surface area contributed by atoms with E-state index in [1.54, 1.807) is 12.3 Å². The van der Waals surface area contributed by atoms with Gasteiger partial charge in [0, 0.05) is 18.5 Å². The summed E-state index contributed by atoms with van der Waals surface area (Å²) < 4.78 is 43.6. The zero-order chi connectivity index (χ0) is 14.9. The van der Waals surface area contributed by atoms with Crippen molar-refractivity contribution < 1.29 is 17.6 Å². The Hall–Kier alpha value is -1.34. The Kier molecular flexibility index (Phi) is 4.03. The lowest BCUT2D eigenvalue weighted by Gasteiger charge is -2.33. The fourth-order valence-corrected chi connectivity index (χ4v) is 3.37. The molecule has 0 amide bonds. The van der Waals surface area contributed by atoms with Crippen molar-refractivity contribution in [1.29, 1.82) is 0 Å². The summed E-state index contributed by atoms with van der Waals surface area (Å²) in [7, 11) is 0. The average molecular weight is 316 g/mol. The number of halogens is 3. The largest absolute Gasteiger partial charge is 0.462 e. The second kappa shape index (κ2) is 5.81. The molecule has 1 aliphatic rings. The number of rotatable bonds is 3. The third-order valence-electron chi connectivity index (χ3n) is 3.64. The molecule has 0 saturated carbocycles. The Balaban J connectivity index is 1.64. The fraction of sp³-hybridized carbons (Fsp3) is 0.500. The van der Waals surface area contributed by atoms with Crippen LogP contribution in [0.5, 0.6) is 0 Å². The molecule has 0 unspecified atom stereocenters. The second-order valence-electron chi connectivity index (χ2n) is 5.24. The molecule has 1 fully saturated rings. The lowest BCUT2D eigenvalue weighted by atomic mass is 9.97. The van der Waals surface area contributed by atoms with Gasteiger partial charge in [-0.05, 0) is 31.5 Å². The number of nitrogens with zero attached hydrogens (tertiary/aromatic N) is 2. The second-order valence-corrected chi connectivity index (χ2v) is 6.10. The van der Waals surface area contributed by atoms with Crippen LogP contribution in [0.1, 0.15) is 18.5 Å². The van der Waals surface area contributed by atoms with Gasteiger partial charge in [0.25, 0.3) is 0 Å². The van der Waals surface area contributed by atoms with Gasteiger partial charge in [-0.15, -0.1) is 11.3 Å². The molecule has 1 saturated heterocycles. The summed E-state index contributed by atoms with van der Waals surface area (Å²) in [4.78, 5) is 6.27. The Labute approximate surface area is 124 Å². The van der Waals surface area contributed by atoms with E-state index in [-0.39, 0.29) is 13.0 Å². The van der Waals surface area contributed by atoms with E-state index in [0.717, 1.165) is 10.7 Å². The molecule has 0 aromatic carbocycles. The minimum absolute atomic E-state index is 0.0666. The molecule has 114 valence electrons. The Morgan fingerprint density at radius 1 is 1.43 bits per heavy atom. The maximum Gasteiger partial charge on any atom is 0.393 e. The van der Waals surface area contributed by atoms with Gasteiger partial charge in [-0.3, -0.25) is 4.90 Å². The van der Waals surface area contributed by atoms with E-state index in [1.165, 1.54) is 11.3 Å². The quantitative estimate of drug-likeness (QED) is 0.851. The van der Waals surface area contributed by atoms with Crippen LogP contribution >= 0.6 is 11.3 Å². The molecule has 3 rings (SSSR count). The molecule has 0 radical (unpaired) electrons. The van der Waals surface area contributed by atoms with Crippen LogP contribution in [0.15, 0.2) is 28.2 Å². The first-order chi connectivity index (χ1) is 10.0. The third-order valence-corrected chi connectivity index (χ3v) is 4.54. The maximum absolute atomic E-state index is 12.8. The van der Waals surface area contributed by atoms with Crippen molar-refractivity contribution in [2.24, 2.45) is 5.92 Å². The van der Waals surface area contributed by atoms with E-state index < -0.39 is 12.1 Å². The van der Waals surface area contributed by atoms with E-state index in [9.17, 15) is 13.2 Å². The SMILES string of the molecule is FC(F)(F)[C@@H]1CCCN(Cc2csc(-c3ccco3)n2)C1. The summed E-state index contributed by atoms with van der Waals surface area (Å²) in [6.45, 7) is 1.22. The number of furan rings is 1. The van der Waals surface area contributed by atoms with E-state index in [0.29, 0.717) is 25.3 Å². The summed E-state index contributed by atoms with van der Waals surface area (Å²) >= 11 is 1.45. The average Bonchev–Trinajstić information content (AvgIpc) is 3.08. The van der Waals surface area contributed by atoms with Crippen LogP contribution in [0.25, 0.3) is 10.8 Å². The molecule has 0 bridgehead atoms.